The average molecular weight is 389 g/mol. The average Bonchev–Trinajstić information content (AvgIpc) is 2.64. The number of carboxylic acid groups (broad SMARTS) is 1. The van der Waals surface area contributed by atoms with E-state index in [1.54, 1.807) is 24.3 Å². The molecule has 0 saturated heterocycles. The van der Waals surface area contributed by atoms with E-state index in [0.29, 0.717) is 27.2 Å². The molecule has 6 nitrogen and oxygen atoms in total. The van der Waals surface area contributed by atoms with Crippen LogP contribution < -0.4 is 10.6 Å². The van der Waals surface area contributed by atoms with Crippen molar-refractivity contribution >= 4 is 46.6 Å². The number of carboxylic acids is 1. The minimum absolute atomic E-state index is 0.189. The molecule has 0 bridgehead atoms. The second-order valence-electron chi connectivity index (χ2n) is 5.30. The first kappa shape index (κ1) is 18.0. The zero-order valence-electron chi connectivity index (χ0n) is 13.4. The SMILES string of the molecule is O=C(O)CNc1nc(Nc2cccc(Cl)c2Cl)cc(-c2ccccc2)n1. The molecule has 3 aromatic rings. The molecule has 26 heavy (non-hydrogen) atoms. The summed E-state index contributed by atoms with van der Waals surface area (Å²) < 4.78 is 0. The van der Waals surface area contributed by atoms with Gasteiger partial charge in [0.1, 0.15) is 12.4 Å². The minimum Gasteiger partial charge on any atom is -0.480 e. The first-order valence-electron chi connectivity index (χ1n) is 7.64. The molecule has 0 aliphatic rings. The van der Waals surface area contributed by atoms with E-state index in [4.69, 9.17) is 28.3 Å². The van der Waals surface area contributed by atoms with Crippen LogP contribution in [0.1, 0.15) is 0 Å². The minimum atomic E-state index is -1.01. The van der Waals surface area contributed by atoms with Gasteiger partial charge in [0, 0.05) is 11.6 Å². The largest absolute Gasteiger partial charge is 0.480 e. The van der Waals surface area contributed by atoms with Gasteiger partial charge in [0.25, 0.3) is 0 Å². The molecule has 0 atom stereocenters. The fraction of sp³-hybridized carbons (Fsp3) is 0.0556. The molecule has 0 fully saturated rings. The predicted molar refractivity (Wildman–Crippen MR) is 103 cm³/mol. The summed E-state index contributed by atoms with van der Waals surface area (Å²) in [5.74, 6) is -0.364. The number of halogens is 2. The molecule has 3 N–H and O–H groups in total. The molecule has 2 aromatic carbocycles. The maximum absolute atomic E-state index is 10.8. The van der Waals surface area contributed by atoms with Crippen LogP contribution in [0.5, 0.6) is 0 Å². The monoisotopic (exact) mass is 388 g/mol. The Bertz CT molecular complexity index is 936. The van der Waals surface area contributed by atoms with Crippen LogP contribution in [0.4, 0.5) is 17.5 Å². The summed E-state index contributed by atoms with van der Waals surface area (Å²) in [6.07, 6.45) is 0. The van der Waals surface area contributed by atoms with Crippen molar-refractivity contribution in [1.29, 1.82) is 0 Å². The van der Waals surface area contributed by atoms with Crippen molar-refractivity contribution in [2.75, 3.05) is 17.2 Å². The molecule has 3 rings (SSSR count). The fourth-order valence-electron chi connectivity index (χ4n) is 2.24. The maximum Gasteiger partial charge on any atom is 0.322 e. The third kappa shape index (κ3) is 4.41. The Hall–Kier alpha value is -2.83. The van der Waals surface area contributed by atoms with Crippen LogP contribution in [-0.4, -0.2) is 27.6 Å². The van der Waals surface area contributed by atoms with Crippen molar-refractivity contribution in [3.63, 3.8) is 0 Å². The second kappa shape index (κ2) is 8.03. The molecule has 1 heterocycles. The molecule has 0 aliphatic heterocycles. The number of rotatable bonds is 6. The quantitative estimate of drug-likeness (QED) is 0.567. The predicted octanol–water partition coefficient (Wildman–Crippen LogP) is 4.69. The van der Waals surface area contributed by atoms with E-state index < -0.39 is 5.97 Å². The molecule has 0 amide bonds. The number of aliphatic carboxylic acids is 1. The highest BCUT2D eigenvalue weighted by molar-refractivity contribution is 6.43. The van der Waals surface area contributed by atoms with Gasteiger partial charge in [-0.2, -0.15) is 4.98 Å². The number of hydrogen-bond donors (Lipinski definition) is 3. The van der Waals surface area contributed by atoms with Crippen LogP contribution >= 0.6 is 23.2 Å². The number of hydrogen-bond acceptors (Lipinski definition) is 5. The van der Waals surface area contributed by atoms with E-state index in [1.165, 1.54) is 0 Å². The molecule has 0 unspecified atom stereocenters. The van der Waals surface area contributed by atoms with E-state index >= 15 is 0 Å². The van der Waals surface area contributed by atoms with Gasteiger partial charge in [0.2, 0.25) is 5.95 Å². The summed E-state index contributed by atoms with van der Waals surface area (Å²) in [5, 5.41) is 15.4. The summed E-state index contributed by atoms with van der Waals surface area (Å²) in [6.45, 7) is -0.296. The van der Waals surface area contributed by atoms with Gasteiger partial charge in [-0.3, -0.25) is 4.79 Å². The molecular formula is C18H14Cl2N4O2. The summed E-state index contributed by atoms with van der Waals surface area (Å²) in [7, 11) is 0. The summed E-state index contributed by atoms with van der Waals surface area (Å²) in [4.78, 5) is 19.5. The van der Waals surface area contributed by atoms with Gasteiger partial charge in [0.15, 0.2) is 0 Å². The van der Waals surface area contributed by atoms with Crippen LogP contribution in [0, 0.1) is 0 Å². The standard InChI is InChI=1S/C18H14Cl2N4O2/c19-12-7-4-8-13(17(12)20)22-15-9-14(11-5-2-1-3-6-11)23-18(24-15)21-10-16(25)26/h1-9H,10H2,(H,25,26)(H2,21,22,23,24). The van der Waals surface area contributed by atoms with Crippen molar-refractivity contribution in [3.05, 3.63) is 64.6 Å². The van der Waals surface area contributed by atoms with Crippen molar-refractivity contribution in [1.82, 2.24) is 9.97 Å². The third-order valence-corrected chi connectivity index (χ3v) is 4.23. The number of nitrogens with one attached hydrogen (secondary N) is 2. The Balaban J connectivity index is 1.99. The van der Waals surface area contributed by atoms with Gasteiger partial charge in [-0.15, -0.1) is 0 Å². The second-order valence-corrected chi connectivity index (χ2v) is 6.09. The van der Waals surface area contributed by atoms with Gasteiger partial charge in [-0.1, -0.05) is 59.6 Å². The van der Waals surface area contributed by atoms with Gasteiger partial charge in [-0.05, 0) is 12.1 Å². The molecule has 0 spiro atoms. The normalized spacial score (nSPS) is 10.4. The highest BCUT2D eigenvalue weighted by Gasteiger charge is 2.10. The summed E-state index contributed by atoms with van der Waals surface area (Å²) in [5.41, 5.74) is 2.09. The Labute approximate surface area is 159 Å². The first-order valence-corrected chi connectivity index (χ1v) is 8.40. The fourth-order valence-corrected chi connectivity index (χ4v) is 2.59. The molecule has 0 radical (unpaired) electrons. The van der Waals surface area contributed by atoms with Gasteiger partial charge >= 0.3 is 5.97 Å². The topological polar surface area (TPSA) is 87.1 Å². The number of aromatic nitrogens is 2. The number of carbonyl (C=O) groups is 1. The lowest BCUT2D eigenvalue weighted by Crippen LogP contribution is -2.15. The maximum atomic E-state index is 10.8. The third-order valence-electron chi connectivity index (χ3n) is 3.41. The van der Waals surface area contributed by atoms with Gasteiger partial charge < -0.3 is 15.7 Å². The Morgan fingerprint density at radius 2 is 1.81 bits per heavy atom. The lowest BCUT2D eigenvalue weighted by molar-refractivity contribution is -0.134. The molecule has 0 aliphatic carbocycles. The molecule has 1 aromatic heterocycles. The van der Waals surface area contributed by atoms with Crippen molar-refractivity contribution < 1.29 is 9.90 Å². The summed E-state index contributed by atoms with van der Waals surface area (Å²) >= 11 is 12.3. The number of nitrogens with zero attached hydrogens (tertiary/aromatic N) is 2. The Kier molecular flexibility index (Phi) is 5.55. The Morgan fingerprint density at radius 3 is 2.54 bits per heavy atom. The lowest BCUT2D eigenvalue weighted by atomic mass is 10.1. The van der Waals surface area contributed by atoms with Crippen LogP contribution in [0.3, 0.4) is 0 Å². The van der Waals surface area contributed by atoms with Crippen LogP contribution in [0.2, 0.25) is 10.0 Å². The van der Waals surface area contributed by atoms with Crippen molar-refractivity contribution in [2.45, 2.75) is 0 Å². The van der Waals surface area contributed by atoms with Crippen LogP contribution in [0.25, 0.3) is 11.3 Å². The lowest BCUT2D eigenvalue weighted by Gasteiger charge is -2.12. The van der Waals surface area contributed by atoms with Crippen molar-refractivity contribution in [2.24, 2.45) is 0 Å². The number of anilines is 3. The number of benzene rings is 2. The van der Waals surface area contributed by atoms with Crippen molar-refractivity contribution in [3.8, 4) is 11.3 Å². The van der Waals surface area contributed by atoms with Crippen LogP contribution in [0.15, 0.2) is 54.6 Å². The van der Waals surface area contributed by atoms with Gasteiger partial charge in [0.05, 0.1) is 21.4 Å². The molecular weight excluding hydrogens is 375 g/mol. The van der Waals surface area contributed by atoms with E-state index in [9.17, 15) is 4.79 Å². The van der Waals surface area contributed by atoms with E-state index in [-0.39, 0.29) is 12.5 Å². The zero-order chi connectivity index (χ0) is 18.5. The highest BCUT2D eigenvalue weighted by atomic mass is 35.5. The molecule has 132 valence electrons. The van der Waals surface area contributed by atoms with E-state index in [1.807, 2.05) is 30.3 Å². The van der Waals surface area contributed by atoms with E-state index in [2.05, 4.69) is 20.6 Å². The van der Waals surface area contributed by atoms with Gasteiger partial charge in [-0.25, -0.2) is 4.98 Å². The zero-order valence-corrected chi connectivity index (χ0v) is 14.9. The highest BCUT2D eigenvalue weighted by Crippen LogP contribution is 2.32. The van der Waals surface area contributed by atoms with E-state index in [0.717, 1.165) is 5.56 Å². The smallest absolute Gasteiger partial charge is 0.322 e. The Morgan fingerprint density at radius 1 is 1.04 bits per heavy atom. The molecule has 0 saturated carbocycles. The molecule has 8 heteroatoms. The van der Waals surface area contributed by atoms with Crippen LogP contribution in [-0.2, 0) is 4.79 Å². The summed E-state index contributed by atoms with van der Waals surface area (Å²) in [6, 6.07) is 16.5. The first-order chi connectivity index (χ1) is 12.5.